The number of fused-ring (bicyclic) bond motifs is 2. The summed E-state index contributed by atoms with van der Waals surface area (Å²) >= 11 is 0. The van der Waals surface area contributed by atoms with E-state index in [9.17, 15) is 14.4 Å². The minimum Gasteiger partial charge on any atom is -0.351 e. The summed E-state index contributed by atoms with van der Waals surface area (Å²) in [4.78, 5) is 43.6. The highest BCUT2D eigenvalue weighted by Crippen LogP contribution is 2.21. The number of benzene rings is 4. The summed E-state index contributed by atoms with van der Waals surface area (Å²) in [5.74, 6) is -0.666. The van der Waals surface area contributed by atoms with Crippen molar-refractivity contribution in [3.05, 3.63) is 96.1 Å². The highest BCUT2D eigenvalue weighted by molar-refractivity contribution is 5.93. The smallest absolute Gasteiger partial charge is 0.245 e. The van der Waals surface area contributed by atoms with Gasteiger partial charge in [0, 0.05) is 31.8 Å². The predicted octanol–water partition coefficient (Wildman–Crippen LogP) is 3.96. The molecule has 4 aromatic carbocycles. The Morgan fingerprint density at radius 2 is 1.24 bits per heavy atom. The molecule has 2 aliphatic rings. The summed E-state index contributed by atoms with van der Waals surface area (Å²) in [6.07, 6.45) is 3.88. The Morgan fingerprint density at radius 1 is 0.717 bits per heavy atom. The first-order valence-electron chi connectivity index (χ1n) is 16.7. The van der Waals surface area contributed by atoms with Crippen LogP contribution in [-0.2, 0) is 27.2 Å². The van der Waals surface area contributed by atoms with Crippen molar-refractivity contribution in [3.8, 4) is 0 Å². The van der Waals surface area contributed by atoms with Crippen molar-refractivity contribution in [2.45, 2.75) is 56.7 Å². The number of nitrogens with zero attached hydrogens (tertiary/aromatic N) is 1. The molecule has 2 aliphatic heterocycles. The lowest BCUT2D eigenvalue weighted by Gasteiger charge is -2.34. The molecule has 0 aliphatic carbocycles. The fourth-order valence-electron chi connectivity index (χ4n) is 6.83. The molecule has 4 N–H and O–H groups in total. The molecule has 4 aromatic rings. The van der Waals surface area contributed by atoms with Crippen molar-refractivity contribution in [2.24, 2.45) is 5.92 Å². The number of amides is 3. The van der Waals surface area contributed by atoms with Gasteiger partial charge in [0.2, 0.25) is 17.7 Å². The minimum atomic E-state index is -0.806. The summed E-state index contributed by atoms with van der Waals surface area (Å²) in [6.45, 7) is 3.27. The van der Waals surface area contributed by atoms with E-state index in [0.29, 0.717) is 12.8 Å². The maximum atomic E-state index is 14.5. The summed E-state index contributed by atoms with van der Waals surface area (Å²) < 4.78 is 0. The van der Waals surface area contributed by atoms with Crippen molar-refractivity contribution in [1.29, 1.82) is 0 Å². The zero-order valence-corrected chi connectivity index (χ0v) is 26.6. The van der Waals surface area contributed by atoms with Gasteiger partial charge in [-0.2, -0.15) is 0 Å². The van der Waals surface area contributed by atoms with E-state index in [-0.39, 0.29) is 29.7 Å². The van der Waals surface area contributed by atoms with Crippen molar-refractivity contribution >= 4 is 39.3 Å². The van der Waals surface area contributed by atoms with Gasteiger partial charge in [0.15, 0.2) is 0 Å². The largest absolute Gasteiger partial charge is 0.351 e. The molecule has 0 aromatic heterocycles. The molecule has 240 valence electrons. The van der Waals surface area contributed by atoms with Gasteiger partial charge in [-0.3, -0.25) is 14.4 Å². The van der Waals surface area contributed by atoms with Gasteiger partial charge in [0.25, 0.3) is 0 Å². The molecule has 0 radical (unpaired) electrons. The Labute approximate surface area is 271 Å². The van der Waals surface area contributed by atoms with Crippen molar-refractivity contribution < 1.29 is 14.4 Å². The molecule has 2 heterocycles. The molecule has 46 heavy (non-hydrogen) atoms. The van der Waals surface area contributed by atoms with E-state index in [4.69, 9.17) is 0 Å². The van der Waals surface area contributed by atoms with Crippen LogP contribution in [0, 0.1) is 5.92 Å². The second kappa shape index (κ2) is 14.9. The number of piperidine rings is 2. The zero-order valence-electron chi connectivity index (χ0n) is 26.6. The van der Waals surface area contributed by atoms with E-state index in [0.717, 1.165) is 84.5 Å². The molecule has 2 fully saturated rings. The zero-order chi connectivity index (χ0) is 31.9. The lowest BCUT2D eigenvalue weighted by Crippen LogP contribution is -2.57. The van der Waals surface area contributed by atoms with Crippen LogP contribution in [0.3, 0.4) is 0 Å². The van der Waals surface area contributed by atoms with Crippen LogP contribution in [0.4, 0.5) is 0 Å². The summed E-state index contributed by atoms with van der Waals surface area (Å²) in [6, 6.07) is 27.2. The Hall–Kier alpha value is -4.27. The van der Waals surface area contributed by atoms with E-state index in [1.54, 1.807) is 11.9 Å². The third-order valence-electron chi connectivity index (χ3n) is 9.62. The third kappa shape index (κ3) is 7.74. The molecule has 6 rings (SSSR count). The molecule has 8 heteroatoms. The number of carbonyl (C=O) groups is 3. The van der Waals surface area contributed by atoms with Crippen LogP contribution in [0.5, 0.6) is 0 Å². The second-order valence-electron chi connectivity index (χ2n) is 12.9. The lowest BCUT2D eigenvalue weighted by atomic mass is 9.95. The van der Waals surface area contributed by atoms with Crippen molar-refractivity contribution in [2.75, 3.05) is 33.2 Å². The van der Waals surface area contributed by atoms with Gasteiger partial charge in [-0.25, -0.2) is 0 Å². The van der Waals surface area contributed by atoms with Crippen LogP contribution in [0.25, 0.3) is 21.5 Å². The highest BCUT2D eigenvalue weighted by Gasteiger charge is 2.35. The fourth-order valence-corrected chi connectivity index (χ4v) is 6.83. The molecular formula is C38H45N5O3. The first-order valence-corrected chi connectivity index (χ1v) is 16.7. The first kappa shape index (κ1) is 31.7. The number of hydrogen-bond acceptors (Lipinski definition) is 5. The van der Waals surface area contributed by atoms with Crippen LogP contribution >= 0.6 is 0 Å². The average molecular weight is 620 g/mol. The van der Waals surface area contributed by atoms with Gasteiger partial charge < -0.3 is 26.2 Å². The summed E-state index contributed by atoms with van der Waals surface area (Å²) in [5, 5.41) is 17.5. The lowest BCUT2D eigenvalue weighted by molar-refractivity contribution is -0.142. The molecule has 0 saturated carbocycles. The molecule has 0 spiro atoms. The molecule has 2 atom stereocenters. The highest BCUT2D eigenvalue weighted by atomic mass is 16.2. The second-order valence-corrected chi connectivity index (χ2v) is 12.9. The van der Waals surface area contributed by atoms with E-state index in [1.165, 1.54) is 0 Å². The molecule has 0 unspecified atom stereocenters. The average Bonchev–Trinajstić information content (AvgIpc) is 3.10. The van der Waals surface area contributed by atoms with Gasteiger partial charge in [-0.15, -0.1) is 0 Å². The molecule has 2 saturated heterocycles. The SMILES string of the molecule is CN(C(=O)[C@H](Cc1ccc2ccccc2c1)NC(=O)C1CCNCC1)[C@@H](Cc1ccc2ccccc2c1)C(=O)NC1CCNCC1. The Kier molecular flexibility index (Phi) is 10.3. The van der Waals surface area contributed by atoms with Gasteiger partial charge in [-0.05, 0) is 84.5 Å². The number of nitrogens with one attached hydrogen (secondary N) is 4. The van der Waals surface area contributed by atoms with Gasteiger partial charge in [0.1, 0.15) is 12.1 Å². The van der Waals surface area contributed by atoms with E-state index in [2.05, 4.69) is 69.8 Å². The predicted molar refractivity (Wildman–Crippen MR) is 183 cm³/mol. The van der Waals surface area contributed by atoms with E-state index < -0.39 is 12.1 Å². The quantitative estimate of drug-likeness (QED) is 0.215. The van der Waals surface area contributed by atoms with Crippen molar-refractivity contribution in [1.82, 2.24) is 26.2 Å². The van der Waals surface area contributed by atoms with Crippen LogP contribution in [0.2, 0.25) is 0 Å². The molecular weight excluding hydrogens is 574 g/mol. The van der Waals surface area contributed by atoms with Gasteiger partial charge in [0.05, 0.1) is 0 Å². The van der Waals surface area contributed by atoms with E-state index >= 15 is 0 Å². The first-order chi connectivity index (χ1) is 22.4. The fraction of sp³-hybridized carbons (Fsp3) is 0.395. The van der Waals surface area contributed by atoms with Gasteiger partial charge >= 0.3 is 0 Å². The topological polar surface area (TPSA) is 103 Å². The molecule has 0 bridgehead atoms. The number of hydrogen-bond donors (Lipinski definition) is 4. The number of rotatable bonds is 10. The Balaban J connectivity index is 1.28. The number of likely N-dealkylation sites (N-methyl/N-ethyl adjacent to an activating group) is 1. The van der Waals surface area contributed by atoms with Gasteiger partial charge in [-0.1, -0.05) is 84.9 Å². The monoisotopic (exact) mass is 619 g/mol. The number of carbonyl (C=O) groups excluding carboxylic acids is 3. The minimum absolute atomic E-state index is 0.0596. The van der Waals surface area contributed by atoms with Crippen molar-refractivity contribution in [3.63, 3.8) is 0 Å². The normalized spacial score (nSPS) is 17.3. The van der Waals surface area contributed by atoms with Crippen LogP contribution in [0.1, 0.15) is 36.8 Å². The molecule has 8 nitrogen and oxygen atoms in total. The summed E-state index contributed by atoms with van der Waals surface area (Å²) in [7, 11) is 1.71. The maximum Gasteiger partial charge on any atom is 0.245 e. The van der Waals surface area contributed by atoms with Crippen LogP contribution in [-0.4, -0.2) is 74.0 Å². The third-order valence-corrected chi connectivity index (χ3v) is 9.62. The Bertz CT molecular complexity index is 1680. The van der Waals surface area contributed by atoms with Crippen LogP contribution < -0.4 is 21.3 Å². The van der Waals surface area contributed by atoms with Crippen LogP contribution in [0.15, 0.2) is 84.9 Å². The molecule has 3 amide bonds. The standard InChI is InChI=1S/C38H45N5O3/c1-43(35(37(45)41-33-16-20-40-21-17-33)25-27-11-13-29-7-3-5-9-32(29)23-27)38(46)34(42-36(44)30-14-18-39-19-15-30)24-26-10-12-28-6-2-4-8-31(28)22-26/h2-13,22-23,30,33-35,39-40H,14-21,24-25H2,1H3,(H,41,45)(H,42,44)/t34-,35-/m0/s1. The van der Waals surface area contributed by atoms with E-state index in [1.807, 2.05) is 36.4 Å². The maximum absolute atomic E-state index is 14.5. The Morgan fingerprint density at radius 3 is 1.83 bits per heavy atom. The summed E-state index contributed by atoms with van der Waals surface area (Å²) in [5.41, 5.74) is 1.94.